The van der Waals surface area contributed by atoms with Crippen LogP contribution in [0.15, 0.2) is 16.7 Å². The van der Waals surface area contributed by atoms with Crippen molar-refractivity contribution >= 4 is 11.9 Å². The monoisotopic (exact) mass is 291 g/mol. The maximum Gasteiger partial charge on any atom is 0.308 e. The van der Waals surface area contributed by atoms with Gasteiger partial charge in [-0.3, -0.25) is 9.59 Å². The van der Waals surface area contributed by atoms with Crippen molar-refractivity contribution in [3.8, 4) is 0 Å². The van der Waals surface area contributed by atoms with E-state index in [0.29, 0.717) is 30.3 Å². The Morgan fingerprint density at radius 1 is 1.38 bits per heavy atom. The summed E-state index contributed by atoms with van der Waals surface area (Å²) in [7, 11) is 0. The minimum Gasteiger partial charge on any atom is -0.481 e. The summed E-state index contributed by atoms with van der Waals surface area (Å²) >= 11 is 0. The molecule has 114 valence electrons. The van der Waals surface area contributed by atoms with E-state index < -0.39 is 11.9 Å². The lowest BCUT2D eigenvalue weighted by atomic mass is 9.92. The van der Waals surface area contributed by atoms with E-state index in [4.69, 9.17) is 4.42 Å². The highest BCUT2D eigenvalue weighted by molar-refractivity contribution is 5.95. The number of hydrogen-bond acceptors (Lipinski definition) is 3. The molecule has 0 radical (unpaired) electrons. The molecule has 1 saturated heterocycles. The summed E-state index contributed by atoms with van der Waals surface area (Å²) in [4.78, 5) is 25.7. The van der Waals surface area contributed by atoms with Crippen LogP contribution >= 0.6 is 0 Å². The van der Waals surface area contributed by atoms with E-state index in [1.807, 2.05) is 6.92 Å². The highest BCUT2D eigenvalue weighted by atomic mass is 16.4. The summed E-state index contributed by atoms with van der Waals surface area (Å²) in [6.45, 7) is 2.93. The zero-order chi connectivity index (χ0) is 15.0. The van der Waals surface area contributed by atoms with Crippen molar-refractivity contribution in [2.24, 2.45) is 17.8 Å². The van der Waals surface area contributed by atoms with Crippen LogP contribution < -0.4 is 0 Å². The normalized spacial score (nSPS) is 25.3. The van der Waals surface area contributed by atoms with Gasteiger partial charge in [0, 0.05) is 19.5 Å². The van der Waals surface area contributed by atoms with Crippen molar-refractivity contribution in [3.05, 3.63) is 23.7 Å². The number of likely N-dealkylation sites (tertiary alicyclic amines) is 1. The Bertz CT molecular complexity index is 546. The second-order valence-corrected chi connectivity index (χ2v) is 6.16. The Labute approximate surface area is 123 Å². The predicted molar refractivity (Wildman–Crippen MR) is 75.9 cm³/mol. The number of carboxylic acid groups (broad SMARTS) is 1. The van der Waals surface area contributed by atoms with Crippen LogP contribution in [-0.2, 0) is 11.2 Å². The average Bonchev–Trinajstić information content (AvgIpc) is 3.02. The lowest BCUT2D eigenvalue weighted by Crippen LogP contribution is -2.30. The Kier molecular flexibility index (Phi) is 3.74. The molecular formula is C16H21NO4. The number of amides is 1. The van der Waals surface area contributed by atoms with E-state index in [0.717, 1.165) is 25.7 Å². The Morgan fingerprint density at radius 3 is 2.76 bits per heavy atom. The molecule has 2 aliphatic rings. The summed E-state index contributed by atoms with van der Waals surface area (Å²) in [6, 6.07) is 1.70. The summed E-state index contributed by atoms with van der Waals surface area (Å²) in [6.07, 6.45) is 5.39. The molecule has 1 N–H and O–H groups in total. The number of aliphatic carboxylic acids is 1. The van der Waals surface area contributed by atoms with Crippen molar-refractivity contribution in [3.63, 3.8) is 0 Å². The number of rotatable bonds is 5. The van der Waals surface area contributed by atoms with Gasteiger partial charge in [0.05, 0.1) is 17.7 Å². The van der Waals surface area contributed by atoms with Crippen LogP contribution in [0.3, 0.4) is 0 Å². The Balaban J connectivity index is 1.76. The number of carboxylic acids is 1. The van der Waals surface area contributed by atoms with Crippen LogP contribution in [0.1, 0.15) is 42.3 Å². The van der Waals surface area contributed by atoms with E-state index >= 15 is 0 Å². The van der Waals surface area contributed by atoms with Crippen LogP contribution in [0, 0.1) is 17.8 Å². The van der Waals surface area contributed by atoms with Gasteiger partial charge in [-0.15, -0.1) is 0 Å². The fourth-order valence-corrected chi connectivity index (χ4v) is 3.38. The second kappa shape index (κ2) is 5.54. The van der Waals surface area contributed by atoms with Crippen LogP contribution in [-0.4, -0.2) is 35.0 Å². The van der Waals surface area contributed by atoms with Crippen molar-refractivity contribution in [1.29, 1.82) is 0 Å². The first kappa shape index (κ1) is 14.2. The second-order valence-electron chi connectivity index (χ2n) is 6.16. The van der Waals surface area contributed by atoms with Crippen molar-refractivity contribution in [2.45, 2.75) is 32.6 Å². The maximum atomic E-state index is 12.6. The summed E-state index contributed by atoms with van der Waals surface area (Å²) < 4.78 is 5.38. The standard InChI is InChI=1S/C16H21NO4/c1-2-3-14-11(6-7-21-14)15(18)17-8-12(10-4-5-10)13(9-17)16(19)20/h6-7,10,12-13H,2-5,8-9H2,1H3,(H,19,20)/t12-,13+/m1/s1. The minimum absolute atomic E-state index is 0.0819. The van der Waals surface area contributed by atoms with Crippen LogP contribution in [0.5, 0.6) is 0 Å². The van der Waals surface area contributed by atoms with Crippen LogP contribution in [0.2, 0.25) is 0 Å². The molecule has 0 aromatic carbocycles. The van der Waals surface area contributed by atoms with Gasteiger partial charge in [0.25, 0.3) is 5.91 Å². The average molecular weight is 291 g/mol. The van der Waals surface area contributed by atoms with Gasteiger partial charge in [-0.25, -0.2) is 0 Å². The molecule has 1 aliphatic heterocycles. The molecule has 0 bridgehead atoms. The number of carbonyl (C=O) groups is 2. The molecule has 1 amide bonds. The summed E-state index contributed by atoms with van der Waals surface area (Å²) in [5.41, 5.74) is 0.595. The number of nitrogens with zero attached hydrogens (tertiary/aromatic N) is 1. The third-order valence-corrected chi connectivity index (χ3v) is 4.65. The molecule has 2 heterocycles. The fourth-order valence-electron chi connectivity index (χ4n) is 3.38. The first-order chi connectivity index (χ1) is 10.1. The molecule has 1 aromatic heterocycles. The zero-order valence-corrected chi connectivity index (χ0v) is 12.2. The number of aryl methyl sites for hydroxylation is 1. The van der Waals surface area contributed by atoms with E-state index in [9.17, 15) is 14.7 Å². The van der Waals surface area contributed by atoms with E-state index in [1.54, 1.807) is 17.2 Å². The molecule has 3 rings (SSSR count). The summed E-state index contributed by atoms with van der Waals surface area (Å²) in [5, 5.41) is 9.37. The molecular weight excluding hydrogens is 270 g/mol. The number of furan rings is 1. The lowest BCUT2D eigenvalue weighted by Gasteiger charge is -2.16. The molecule has 21 heavy (non-hydrogen) atoms. The summed E-state index contributed by atoms with van der Waals surface area (Å²) in [5.74, 6) is 0.0494. The fraction of sp³-hybridized carbons (Fsp3) is 0.625. The highest BCUT2D eigenvalue weighted by Gasteiger charge is 2.47. The third-order valence-electron chi connectivity index (χ3n) is 4.65. The molecule has 5 nitrogen and oxygen atoms in total. The molecule has 2 atom stereocenters. The van der Waals surface area contributed by atoms with Crippen LogP contribution in [0.4, 0.5) is 0 Å². The predicted octanol–water partition coefficient (Wildman–Crippen LogP) is 2.41. The number of carbonyl (C=O) groups excluding carboxylic acids is 1. The molecule has 0 unspecified atom stereocenters. The van der Waals surface area contributed by atoms with Gasteiger partial charge in [-0.1, -0.05) is 6.92 Å². The minimum atomic E-state index is -0.775. The third kappa shape index (κ3) is 2.69. The van der Waals surface area contributed by atoms with Gasteiger partial charge < -0.3 is 14.4 Å². The molecule has 1 aliphatic carbocycles. The van der Waals surface area contributed by atoms with Gasteiger partial charge in [-0.2, -0.15) is 0 Å². The van der Waals surface area contributed by atoms with Crippen molar-refractivity contribution in [2.75, 3.05) is 13.1 Å². The highest BCUT2D eigenvalue weighted by Crippen LogP contribution is 2.44. The first-order valence-electron chi connectivity index (χ1n) is 7.70. The first-order valence-corrected chi connectivity index (χ1v) is 7.70. The van der Waals surface area contributed by atoms with Gasteiger partial charge in [0.1, 0.15) is 5.76 Å². The van der Waals surface area contributed by atoms with Gasteiger partial charge in [0.15, 0.2) is 0 Å². The van der Waals surface area contributed by atoms with E-state index in [1.165, 1.54) is 0 Å². The zero-order valence-electron chi connectivity index (χ0n) is 12.2. The van der Waals surface area contributed by atoms with Crippen molar-refractivity contribution in [1.82, 2.24) is 4.90 Å². The topological polar surface area (TPSA) is 70.8 Å². The SMILES string of the molecule is CCCc1occc1C(=O)N1C[C@H](C(=O)O)[C@@H](C2CC2)C1. The van der Waals surface area contributed by atoms with E-state index in [-0.39, 0.29) is 11.8 Å². The molecule has 5 heteroatoms. The maximum absolute atomic E-state index is 12.6. The molecule has 0 spiro atoms. The van der Waals surface area contributed by atoms with E-state index in [2.05, 4.69) is 0 Å². The lowest BCUT2D eigenvalue weighted by molar-refractivity contribution is -0.142. The Hall–Kier alpha value is -1.78. The largest absolute Gasteiger partial charge is 0.481 e. The molecule has 1 aromatic rings. The van der Waals surface area contributed by atoms with Gasteiger partial charge >= 0.3 is 5.97 Å². The van der Waals surface area contributed by atoms with Gasteiger partial charge in [-0.05, 0) is 37.2 Å². The molecule has 2 fully saturated rings. The number of hydrogen-bond donors (Lipinski definition) is 1. The Morgan fingerprint density at radius 2 is 2.14 bits per heavy atom. The van der Waals surface area contributed by atoms with Gasteiger partial charge in [0.2, 0.25) is 0 Å². The smallest absolute Gasteiger partial charge is 0.308 e. The van der Waals surface area contributed by atoms with Crippen molar-refractivity contribution < 1.29 is 19.1 Å². The molecule has 1 saturated carbocycles. The van der Waals surface area contributed by atoms with Crippen LogP contribution in [0.25, 0.3) is 0 Å². The quantitative estimate of drug-likeness (QED) is 0.904.